The van der Waals surface area contributed by atoms with Gasteiger partial charge < -0.3 is 9.97 Å². The Kier molecular flexibility index (Phi) is 13.8. The van der Waals surface area contributed by atoms with Crippen molar-refractivity contribution in [3.05, 3.63) is 186 Å². The predicted octanol–water partition coefficient (Wildman–Crippen LogP) is 17.5. The first-order valence-corrected chi connectivity index (χ1v) is 21.3. The quantitative estimate of drug-likeness (QED) is 0.105. The molecule has 8 bridgehead atoms. The number of fused-ring (bicyclic) bond motifs is 8. The molecule has 2 N–H and O–H groups in total. The molecule has 0 aliphatic carbocycles. The summed E-state index contributed by atoms with van der Waals surface area (Å²) >= 11 is 0. The predicted molar refractivity (Wildman–Crippen MR) is 218 cm³/mol. The molecule has 2 aliphatic rings. The van der Waals surface area contributed by atoms with Crippen LogP contribution in [0.15, 0.2) is 24.3 Å². The number of allylic oxidation sites excluding steroid dienone is 2. The van der Waals surface area contributed by atoms with Crippen molar-refractivity contribution >= 4 is 44.4 Å². The Morgan fingerprint density at radius 3 is 0.738 bits per heavy atom. The van der Waals surface area contributed by atoms with Gasteiger partial charge in [0.05, 0.1) is 78.3 Å². The fourth-order valence-electron chi connectivity index (χ4n) is 8.96. The molecule has 5 heterocycles. The number of H-pyrrole nitrogens is 2. The summed E-state index contributed by atoms with van der Waals surface area (Å²) < 4.78 is 491. The van der Waals surface area contributed by atoms with Crippen molar-refractivity contribution in [2.75, 3.05) is 0 Å². The lowest BCUT2D eigenvalue weighted by molar-refractivity contribution is -0.136. The standard InChI is InChI=1S/C48H6F32N4/c49-25-17(26(50)34(58)41(65)33(25)57)13-5-1-9-21(45(69,70)71)14(18-27(51)35(59)42(66)36(60)28(18)52)6(82-9)2-11-23(47(75,76)77)16(20-31(55)39(63)44(68)40(64)32(20)56)8(84-11)4-12-24(48(78,79)80)15(19-29(53)37(61)43(67)38(62)30(19)54)7(83-12)3-10(81-5)22(13)46(72,73)74/h1-4,81-82H. The van der Waals surface area contributed by atoms with Gasteiger partial charge in [0.25, 0.3) is 0 Å². The molecule has 0 fully saturated rings. The first-order chi connectivity index (χ1) is 38.6. The van der Waals surface area contributed by atoms with E-state index in [0.29, 0.717) is 0 Å². The van der Waals surface area contributed by atoms with Gasteiger partial charge in [-0.3, -0.25) is 0 Å². The number of hydrogen-bond donors (Lipinski definition) is 2. The SMILES string of the molecule is Fc1c(F)c(F)c(C2=C(C(F)(F)F)c3cc4nc(cc5[nH]c(cc6[nH]c(cc2n3)c(C(F)(F)F)c6-c2c(F)c(F)c(F)c(F)c2F)c(C(F)(F)F)c5-c2c(F)c(F)c(F)c(F)c2F)C(C(F)(F)F)=C4c2c(F)c(F)c(F)c(F)c2F)c(F)c1F. The maximum atomic E-state index is 15.8. The molecule has 0 unspecified atom stereocenters. The Morgan fingerprint density at radius 2 is 0.452 bits per heavy atom. The minimum atomic E-state index is -6.75. The second kappa shape index (κ2) is 19.4. The van der Waals surface area contributed by atoms with E-state index in [-0.39, 0.29) is 0 Å². The highest BCUT2D eigenvalue weighted by atomic mass is 19.4. The molecule has 7 aromatic rings. The summed E-state index contributed by atoms with van der Waals surface area (Å²) in [5.74, 6) is -66.8. The van der Waals surface area contributed by atoms with Crippen molar-refractivity contribution in [2.24, 2.45) is 0 Å². The molecular weight excluding hydrogens is 1240 g/mol. The van der Waals surface area contributed by atoms with Crippen molar-refractivity contribution in [3.63, 3.8) is 0 Å². The van der Waals surface area contributed by atoms with Gasteiger partial charge in [0.15, 0.2) is 93.1 Å². The van der Waals surface area contributed by atoms with E-state index in [9.17, 15) is 52.7 Å². The number of halogens is 32. The summed E-state index contributed by atoms with van der Waals surface area (Å²) in [5, 5.41) is 0. The number of benzene rings is 4. The van der Waals surface area contributed by atoms with Gasteiger partial charge in [-0.2, -0.15) is 52.7 Å². The lowest BCUT2D eigenvalue weighted by atomic mass is 9.93. The largest absolute Gasteiger partial charge is 0.419 e. The van der Waals surface area contributed by atoms with Crippen LogP contribution < -0.4 is 0 Å². The highest BCUT2D eigenvalue weighted by Gasteiger charge is 2.49. The summed E-state index contributed by atoms with van der Waals surface area (Å²) in [6, 6.07) is -3.35. The monoisotopic (exact) mass is 1250 g/mol. The molecule has 0 saturated heterocycles. The Bertz CT molecular complexity index is 4240. The molecule has 0 saturated carbocycles. The Labute approximate surface area is 437 Å². The minimum Gasteiger partial charge on any atom is -0.354 e. The third kappa shape index (κ3) is 8.90. The summed E-state index contributed by atoms with van der Waals surface area (Å²) in [4.78, 5) is 8.46. The molecule has 84 heavy (non-hydrogen) atoms. The van der Waals surface area contributed by atoms with Crippen molar-refractivity contribution in [2.45, 2.75) is 24.7 Å². The average Bonchev–Trinajstić information content (AvgIpc) is 1.91. The lowest BCUT2D eigenvalue weighted by Crippen LogP contribution is -2.14. The van der Waals surface area contributed by atoms with Gasteiger partial charge in [-0.25, -0.2) is 97.8 Å². The van der Waals surface area contributed by atoms with E-state index in [1.165, 1.54) is 9.97 Å². The first kappa shape index (κ1) is 59.8. The van der Waals surface area contributed by atoms with Crippen molar-refractivity contribution < 1.29 is 140 Å². The zero-order valence-corrected chi connectivity index (χ0v) is 38.3. The molecule has 0 spiro atoms. The van der Waals surface area contributed by atoms with E-state index in [0.717, 1.165) is 0 Å². The number of hydrogen-bond acceptors (Lipinski definition) is 2. The van der Waals surface area contributed by atoms with Crippen LogP contribution in [0.25, 0.3) is 66.6 Å². The maximum absolute atomic E-state index is 15.8. The lowest BCUT2D eigenvalue weighted by Gasteiger charge is -2.15. The highest BCUT2D eigenvalue weighted by Crippen LogP contribution is 2.54. The van der Waals surface area contributed by atoms with Gasteiger partial charge >= 0.3 is 24.7 Å². The second-order valence-corrected chi connectivity index (χ2v) is 17.0. The summed E-state index contributed by atoms with van der Waals surface area (Å²) in [5.41, 5.74) is -56.0. The zero-order chi connectivity index (χ0) is 62.8. The topological polar surface area (TPSA) is 57.4 Å². The number of nitrogens with zero attached hydrogens (tertiary/aromatic N) is 2. The fraction of sp³-hybridized carbons (Fsp3) is 0.0833. The van der Waals surface area contributed by atoms with Crippen LogP contribution >= 0.6 is 0 Å². The van der Waals surface area contributed by atoms with Gasteiger partial charge in [0, 0.05) is 33.3 Å². The molecule has 442 valence electrons. The Morgan fingerprint density at radius 1 is 0.226 bits per heavy atom. The molecule has 0 amide bonds. The highest BCUT2D eigenvalue weighted by molar-refractivity contribution is 6.06. The molecule has 4 aromatic carbocycles. The van der Waals surface area contributed by atoms with Gasteiger partial charge in [-0.05, 0) is 24.3 Å². The third-order valence-corrected chi connectivity index (χ3v) is 12.2. The molecule has 0 radical (unpaired) electrons. The molecule has 3 aromatic heterocycles. The Balaban J connectivity index is 1.72. The van der Waals surface area contributed by atoms with Gasteiger partial charge in [0.1, 0.15) is 0 Å². The average molecular weight is 1250 g/mol. The summed E-state index contributed by atoms with van der Waals surface area (Å²) in [6.45, 7) is 0. The van der Waals surface area contributed by atoms with Crippen LogP contribution in [0.3, 0.4) is 0 Å². The van der Waals surface area contributed by atoms with Crippen LogP contribution in [0.4, 0.5) is 140 Å². The first-order valence-electron chi connectivity index (χ1n) is 21.3. The molecule has 0 atom stereocenters. The molecule has 9 rings (SSSR count). The van der Waals surface area contributed by atoms with Crippen LogP contribution in [0.2, 0.25) is 0 Å². The van der Waals surface area contributed by atoms with E-state index < -0.39 is 277 Å². The number of rotatable bonds is 4. The number of alkyl halides is 12. The van der Waals surface area contributed by atoms with E-state index in [1.54, 1.807) is 0 Å². The van der Waals surface area contributed by atoms with E-state index >= 15 is 87.8 Å². The van der Waals surface area contributed by atoms with Crippen LogP contribution in [-0.2, 0) is 12.4 Å². The van der Waals surface area contributed by atoms with E-state index in [2.05, 4.69) is 9.97 Å². The van der Waals surface area contributed by atoms with E-state index in [1.807, 2.05) is 0 Å². The normalized spacial score (nSPS) is 13.6. The maximum Gasteiger partial charge on any atom is 0.419 e. The number of nitrogens with one attached hydrogen (secondary N) is 2. The number of aromatic amines is 2. The van der Waals surface area contributed by atoms with Crippen molar-refractivity contribution in [1.29, 1.82) is 0 Å². The smallest absolute Gasteiger partial charge is 0.354 e. The summed E-state index contributed by atoms with van der Waals surface area (Å²) in [7, 11) is 0. The summed E-state index contributed by atoms with van der Waals surface area (Å²) in [6.07, 6.45) is -26.9. The van der Waals surface area contributed by atoms with Crippen LogP contribution in [-0.4, -0.2) is 32.3 Å². The zero-order valence-electron chi connectivity index (χ0n) is 38.3. The fourth-order valence-corrected chi connectivity index (χ4v) is 8.96. The van der Waals surface area contributed by atoms with Crippen molar-refractivity contribution in [1.82, 2.24) is 19.9 Å². The van der Waals surface area contributed by atoms with Gasteiger partial charge in [-0.15, -0.1) is 0 Å². The minimum absolute atomic E-state index is 0.792. The number of aromatic nitrogens is 4. The molecule has 36 heteroatoms. The molecule has 2 aliphatic heterocycles. The van der Waals surface area contributed by atoms with E-state index in [4.69, 9.17) is 0 Å². The second-order valence-electron chi connectivity index (χ2n) is 17.0. The van der Waals surface area contributed by atoms with Gasteiger partial charge in [-0.1, -0.05) is 0 Å². The van der Waals surface area contributed by atoms with Crippen LogP contribution in [0.1, 0.15) is 45.0 Å². The van der Waals surface area contributed by atoms with Crippen molar-refractivity contribution in [3.8, 4) is 22.3 Å². The van der Waals surface area contributed by atoms with Crippen LogP contribution in [0.5, 0.6) is 0 Å². The Hall–Kier alpha value is -8.76. The molecule has 4 nitrogen and oxygen atoms in total. The molecular formula is C48H6F32N4. The van der Waals surface area contributed by atoms with Gasteiger partial charge in [0.2, 0.25) is 23.3 Å². The third-order valence-electron chi connectivity index (χ3n) is 12.2. The van der Waals surface area contributed by atoms with Crippen LogP contribution in [0, 0.1) is 116 Å².